The average molecular weight is 370 g/mol. The van der Waals surface area contributed by atoms with Gasteiger partial charge >= 0.3 is 0 Å². The number of piperidine rings is 1. The molecule has 2 aromatic rings. The van der Waals surface area contributed by atoms with E-state index in [9.17, 15) is 14.4 Å². The zero-order valence-corrected chi connectivity index (χ0v) is 14.7. The van der Waals surface area contributed by atoms with Gasteiger partial charge in [-0.15, -0.1) is 0 Å². The number of halogens is 1. The summed E-state index contributed by atoms with van der Waals surface area (Å²) in [6, 6.07) is 8.09. The summed E-state index contributed by atoms with van der Waals surface area (Å²) in [4.78, 5) is 21.4. The molecule has 0 atom stereocenters. The highest BCUT2D eigenvalue weighted by atomic mass is 19.1. The SMILES string of the molecule is N#Cc1c(N2CCC3(CC2)OCCO3)nc(Cc2cccc(F)c2)[nH]c1=O. The van der Waals surface area contributed by atoms with Crippen molar-refractivity contribution in [1.82, 2.24) is 9.97 Å². The largest absolute Gasteiger partial charge is 0.355 e. The predicted octanol–water partition coefficient (Wildman–Crippen LogP) is 1.71. The number of benzene rings is 1. The highest BCUT2D eigenvalue weighted by Gasteiger charge is 2.40. The van der Waals surface area contributed by atoms with Crippen LogP contribution >= 0.6 is 0 Å². The van der Waals surface area contributed by atoms with Crippen molar-refractivity contribution in [3.63, 3.8) is 0 Å². The molecule has 0 bridgehead atoms. The van der Waals surface area contributed by atoms with Crippen molar-refractivity contribution in [2.24, 2.45) is 0 Å². The lowest BCUT2D eigenvalue weighted by atomic mass is 10.0. The van der Waals surface area contributed by atoms with E-state index in [0.717, 1.165) is 0 Å². The van der Waals surface area contributed by atoms with E-state index >= 15 is 0 Å². The van der Waals surface area contributed by atoms with Gasteiger partial charge < -0.3 is 19.4 Å². The number of nitrogens with one attached hydrogen (secondary N) is 1. The zero-order chi connectivity index (χ0) is 18.9. The number of hydrogen-bond acceptors (Lipinski definition) is 6. The van der Waals surface area contributed by atoms with Gasteiger partial charge in [0.1, 0.15) is 17.7 Å². The molecule has 2 saturated heterocycles. The Hall–Kier alpha value is -2.76. The highest BCUT2D eigenvalue weighted by molar-refractivity contribution is 5.53. The van der Waals surface area contributed by atoms with Crippen LogP contribution in [0.25, 0.3) is 0 Å². The van der Waals surface area contributed by atoms with Crippen LogP contribution < -0.4 is 10.5 Å². The Labute approximate surface area is 155 Å². The second kappa shape index (κ2) is 7.10. The Kier molecular flexibility index (Phi) is 4.64. The smallest absolute Gasteiger partial charge is 0.271 e. The molecule has 1 N–H and O–H groups in total. The Morgan fingerprint density at radius 1 is 1.30 bits per heavy atom. The van der Waals surface area contributed by atoms with Crippen molar-refractivity contribution < 1.29 is 13.9 Å². The first kappa shape index (κ1) is 17.6. The van der Waals surface area contributed by atoms with Crippen molar-refractivity contribution >= 4 is 5.82 Å². The molecule has 2 aliphatic heterocycles. The summed E-state index contributed by atoms with van der Waals surface area (Å²) < 4.78 is 24.9. The van der Waals surface area contributed by atoms with E-state index in [-0.39, 0.29) is 17.8 Å². The summed E-state index contributed by atoms with van der Waals surface area (Å²) in [5.41, 5.74) is 0.198. The number of anilines is 1. The first-order valence-corrected chi connectivity index (χ1v) is 8.89. The van der Waals surface area contributed by atoms with E-state index in [4.69, 9.17) is 9.47 Å². The average Bonchev–Trinajstić information content (AvgIpc) is 3.10. The molecule has 0 amide bonds. The van der Waals surface area contributed by atoms with Crippen LogP contribution in [0.1, 0.15) is 29.8 Å². The third kappa shape index (κ3) is 3.56. The standard InChI is InChI=1S/C19H19FN4O3/c20-14-3-1-2-13(10-14)11-16-22-17(15(12-21)18(25)23-16)24-6-4-19(5-7-24)26-8-9-27-19/h1-3,10H,4-9,11H2,(H,22,23,25). The second-order valence-electron chi connectivity index (χ2n) is 6.72. The number of rotatable bonds is 3. The number of hydrogen-bond donors (Lipinski definition) is 1. The summed E-state index contributed by atoms with van der Waals surface area (Å²) in [6.45, 7) is 2.32. The van der Waals surface area contributed by atoms with Gasteiger partial charge in [-0.25, -0.2) is 9.37 Å². The maximum atomic E-state index is 13.4. The third-order valence-corrected chi connectivity index (χ3v) is 4.96. The monoisotopic (exact) mass is 370 g/mol. The van der Waals surface area contributed by atoms with Crippen LogP contribution in [0.5, 0.6) is 0 Å². The van der Waals surface area contributed by atoms with Gasteiger partial charge in [-0.3, -0.25) is 4.79 Å². The quantitative estimate of drug-likeness (QED) is 0.885. The van der Waals surface area contributed by atoms with Crippen LogP contribution in [-0.4, -0.2) is 42.1 Å². The van der Waals surface area contributed by atoms with Crippen molar-refractivity contribution in [2.45, 2.75) is 25.0 Å². The number of ether oxygens (including phenoxy) is 2. The predicted molar refractivity (Wildman–Crippen MR) is 94.9 cm³/mol. The van der Waals surface area contributed by atoms with Crippen LogP contribution in [0.3, 0.4) is 0 Å². The van der Waals surface area contributed by atoms with Gasteiger partial charge in [0.15, 0.2) is 17.2 Å². The molecule has 2 fully saturated rings. The first-order valence-electron chi connectivity index (χ1n) is 8.89. The molecule has 27 heavy (non-hydrogen) atoms. The van der Waals surface area contributed by atoms with E-state index in [1.165, 1.54) is 12.1 Å². The summed E-state index contributed by atoms with van der Waals surface area (Å²) in [5, 5.41) is 9.42. The second-order valence-corrected chi connectivity index (χ2v) is 6.72. The van der Waals surface area contributed by atoms with E-state index < -0.39 is 11.3 Å². The number of nitriles is 1. The Balaban J connectivity index is 1.61. The summed E-state index contributed by atoms with van der Waals surface area (Å²) in [6.07, 6.45) is 1.56. The first-order chi connectivity index (χ1) is 13.1. The lowest BCUT2D eigenvalue weighted by Crippen LogP contribution is -2.46. The minimum absolute atomic E-state index is 0.0119. The van der Waals surface area contributed by atoms with Gasteiger partial charge in [0, 0.05) is 32.4 Å². The zero-order valence-electron chi connectivity index (χ0n) is 14.7. The van der Waals surface area contributed by atoms with Gasteiger partial charge in [-0.05, 0) is 17.7 Å². The van der Waals surface area contributed by atoms with Crippen LogP contribution in [0.15, 0.2) is 29.1 Å². The van der Waals surface area contributed by atoms with Gasteiger partial charge in [0.05, 0.1) is 13.2 Å². The van der Waals surface area contributed by atoms with E-state index in [0.29, 0.717) is 56.4 Å². The number of H-pyrrole nitrogens is 1. The lowest BCUT2D eigenvalue weighted by molar-refractivity contribution is -0.169. The molecule has 7 nitrogen and oxygen atoms in total. The van der Waals surface area contributed by atoms with E-state index in [1.54, 1.807) is 12.1 Å². The molecule has 8 heteroatoms. The van der Waals surface area contributed by atoms with Gasteiger partial charge in [-0.2, -0.15) is 5.26 Å². The molecule has 0 unspecified atom stereocenters. The number of aromatic nitrogens is 2. The topological polar surface area (TPSA) is 91.2 Å². The van der Waals surface area contributed by atoms with Crippen LogP contribution in [0, 0.1) is 17.1 Å². The summed E-state index contributed by atoms with van der Waals surface area (Å²) >= 11 is 0. The number of nitrogens with zero attached hydrogens (tertiary/aromatic N) is 3. The van der Waals surface area contributed by atoms with Crippen molar-refractivity contribution in [3.05, 3.63) is 57.4 Å². The lowest BCUT2D eigenvalue weighted by Gasteiger charge is -2.38. The van der Waals surface area contributed by atoms with E-state index in [2.05, 4.69) is 9.97 Å². The number of aromatic amines is 1. The van der Waals surface area contributed by atoms with Crippen molar-refractivity contribution in [2.75, 3.05) is 31.2 Å². The maximum Gasteiger partial charge on any atom is 0.271 e. The molecule has 4 rings (SSSR count). The maximum absolute atomic E-state index is 13.4. The molecule has 0 aliphatic carbocycles. The Bertz CT molecular complexity index is 937. The van der Waals surface area contributed by atoms with Crippen LogP contribution in [-0.2, 0) is 15.9 Å². The molecule has 0 radical (unpaired) electrons. The van der Waals surface area contributed by atoms with Crippen LogP contribution in [0.2, 0.25) is 0 Å². The molecule has 1 aromatic heterocycles. The molecule has 1 aromatic carbocycles. The molecular formula is C19H19FN4O3. The van der Waals surface area contributed by atoms with Gasteiger partial charge in [-0.1, -0.05) is 12.1 Å². The van der Waals surface area contributed by atoms with Crippen LogP contribution in [0.4, 0.5) is 10.2 Å². The molecule has 1 spiro atoms. The fraction of sp³-hybridized carbons (Fsp3) is 0.421. The molecule has 140 valence electrons. The van der Waals surface area contributed by atoms with Gasteiger partial charge in [0.2, 0.25) is 0 Å². The minimum atomic E-state index is -0.547. The minimum Gasteiger partial charge on any atom is -0.355 e. The highest BCUT2D eigenvalue weighted by Crippen LogP contribution is 2.33. The summed E-state index contributed by atoms with van der Waals surface area (Å²) in [7, 11) is 0. The summed E-state index contributed by atoms with van der Waals surface area (Å²) in [5.74, 6) is -0.134. The fourth-order valence-corrected chi connectivity index (χ4v) is 3.61. The van der Waals surface area contributed by atoms with Gasteiger partial charge in [0.25, 0.3) is 5.56 Å². The third-order valence-electron chi connectivity index (χ3n) is 4.96. The van der Waals surface area contributed by atoms with Crippen molar-refractivity contribution in [3.8, 4) is 6.07 Å². The molecular weight excluding hydrogens is 351 g/mol. The Morgan fingerprint density at radius 2 is 2.04 bits per heavy atom. The fourth-order valence-electron chi connectivity index (χ4n) is 3.61. The molecule has 3 heterocycles. The Morgan fingerprint density at radius 3 is 2.70 bits per heavy atom. The normalized spacial score (nSPS) is 18.6. The molecule has 0 saturated carbocycles. The van der Waals surface area contributed by atoms with E-state index in [1.807, 2.05) is 11.0 Å². The van der Waals surface area contributed by atoms with Crippen molar-refractivity contribution in [1.29, 1.82) is 5.26 Å². The molecule has 2 aliphatic rings.